The second-order valence-corrected chi connectivity index (χ2v) is 4.90. The molecule has 0 amide bonds. The van der Waals surface area contributed by atoms with Gasteiger partial charge in [-0.1, -0.05) is 0 Å². The summed E-state index contributed by atoms with van der Waals surface area (Å²) in [7, 11) is 0. The van der Waals surface area contributed by atoms with Crippen LogP contribution in [0.25, 0.3) is 0 Å². The Bertz CT molecular complexity index is 549. The molecule has 0 saturated heterocycles. The Hall–Kier alpha value is -1.74. The average molecular weight is 346 g/mol. The van der Waals surface area contributed by atoms with Crippen molar-refractivity contribution in [2.45, 2.75) is 13.8 Å². The van der Waals surface area contributed by atoms with Crippen molar-refractivity contribution in [2.75, 3.05) is 23.8 Å². The normalized spacial score (nSPS) is 9.48. The van der Waals surface area contributed by atoms with Crippen LogP contribution in [-0.4, -0.2) is 35.7 Å². The minimum Gasteiger partial charge on any atom is -0.494 e. The van der Waals surface area contributed by atoms with Gasteiger partial charge in [0.2, 0.25) is 0 Å². The van der Waals surface area contributed by atoms with Gasteiger partial charge in [0.1, 0.15) is 11.5 Å². The van der Waals surface area contributed by atoms with Crippen LogP contribution in [0, 0.1) is 0 Å². The number of hydrogen-bond acceptors (Lipinski definition) is 3. The van der Waals surface area contributed by atoms with Gasteiger partial charge < -0.3 is 20.1 Å². The molecule has 0 aliphatic rings. The molecule has 0 spiro atoms. The summed E-state index contributed by atoms with van der Waals surface area (Å²) in [4.78, 5) is 0. The van der Waals surface area contributed by atoms with Crippen molar-refractivity contribution in [2.24, 2.45) is 0 Å². The van der Waals surface area contributed by atoms with Crippen LogP contribution in [0.1, 0.15) is 13.8 Å². The van der Waals surface area contributed by atoms with Gasteiger partial charge in [-0.2, -0.15) is 0 Å². The smallest absolute Gasteiger partial charge is 0.187 e. The number of thiocarbonyl (C=S) groups is 1. The van der Waals surface area contributed by atoms with Crippen molar-refractivity contribution in [1.29, 1.82) is 0 Å². The van der Waals surface area contributed by atoms with Gasteiger partial charge in [-0.3, -0.25) is 0 Å². The quantitative estimate of drug-likeness (QED) is 0.621. The Morgan fingerprint density at radius 2 is 1.13 bits per heavy atom. The number of benzene rings is 2. The molecule has 0 aliphatic carbocycles. The molecule has 0 aromatic heterocycles. The Kier molecular flexibility index (Phi) is 8.49. The molecular formula is C17H23AlN2O2S. The zero-order chi connectivity index (χ0) is 15.8. The largest absolute Gasteiger partial charge is 0.494 e. The van der Waals surface area contributed by atoms with Crippen molar-refractivity contribution < 1.29 is 9.47 Å². The molecule has 122 valence electrons. The van der Waals surface area contributed by atoms with E-state index in [1.807, 2.05) is 62.4 Å². The van der Waals surface area contributed by atoms with Crippen LogP contribution >= 0.6 is 12.2 Å². The lowest BCUT2D eigenvalue weighted by Gasteiger charge is -2.12. The van der Waals surface area contributed by atoms with Gasteiger partial charge >= 0.3 is 0 Å². The van der Waals surface area contributed by atoms with E-state index in [-0.39, 0.29) is 17.4 Å². The van der Waals surface area contributed by atoms with E-state index in [0.717, 1.165) is 22.9 Å². The summed E-state index contributed by atoms with van der Waals surface area (Å²) in [5.41, 5.74) is 1.82. The topological polar surface area (TPSA) is 42.5 Å². The summed E-state index contributed by atoms with van der Waals surface area (Å²) < 4.78 is 10.8. The van der Waals surface area contributed by atoms with Gasteiger partial charge in [0, 0.05) is 11.4 Å². The van der Waals surface area contributed by atoms with Crippen LogP contribution in [0.4, 0.5) is 11.4 Å². The Balaban J connectivity index is 0.00000264. The average Bonchev–Trinajstić information content (AvgIpc) is 2.52. The summed E-state index contributed by atoms with van der Waals surface area (Å²) in [5, 5.41) is 6.80. The number of nitrogens with one attached hydrogen (secondary N) is 2. The molecule has 2 rings (SSSR count). The van der Waals surface area contributed by atoms with Crippen LogP contribution < -0.4 is 20.1 Å². The summed E-state index contributed by atoms with van der Waals surface area (Å²) in [6.45, 7) is 5.24. The van der Waals surface area contributed by atoms with Gasteiger partial charge in [0.25, 0.3) is 0 Å². The molecule has 4 nitrogen and oxygen atoms in total. The first-order valence-corrected chi connectivity index (χ1v) is 7.65. The van der Waals surface area contributed by atoms with E-state index in [0.29, 0.717) is 18.3 Å². The van der Waals surface area contributed by atoms with E-state index in [2.05, 4.69) is 10.6 Å². The van der Waals surface area contributed by atoms with Gasteiger partial charge in [-0.25, -0.2) is 0 Å². The van der Waals surface area contributed by atoms with E-state index in [1.165, 1.54) is 0 Å². The molecule has 2 aromatic rings. The molecule has 0 unspecified atom stereocenters. The molecule has 2 N–H and O–H groups in total. The van der Waals surface area contributed by atoms with E-state index in [1.54, 1.807) is 0 Å². The second kappa shape index (κ2) is 10.1. The fraction of sp³-hybridized carbons (Fsp3) is 0.235. The van der Waals surface area contributed by atoms with Crippen molar-refractivity contribution in [3.05, 3.63) is 48.5 Å². The standard InChI is InChI=1S/C17H20N2O2S.Al.3H/c1-3-20-15-9-5-13(6-10-15)18-17(22)19-14-7-11-16(12-8-14)21-4-2;;;;/h5-12H,3-4H2,1-2H3,(H2,18,19,22);;;;. The highest BCUT2D eigenvalue weighted by Gasteiger charge is 2.00. The van der Waals surface area contributed by atoms with Gasteiger partial charge in [-0.05, 0) is 74.6 Å². The molecular weight excluding hydrogens is 323 g/mol. The highest BCUT2D eigenvalue weighted by molar-refractivity contribution is 7.80. The van der Waals surface area contributed by atoms with E-state index in [9.17, 15) is 0 Å². The molecule has 0 radical (unpaired) electrons. The molecule has 0 saturated carbocycles. The Morgan fingerprint density at radius 3 is 1.43 bits per heavy atom. The third-order valence-corrected chi connectivity index (χ3v) is 3.05. The molecule has 2 aromatic carbocycles. The van der Waals surface area contributed by atoms with Crippen molar-refractivity contribution in [3.8, 4) is 11.5 Å². The van der Waals surface area contributed by atoms with Crippen LogP contribution in [0.2, 0.25) is 0 Å². The maximum absolute atomic E-state index is 5.40. The fourth-order valence-corrected chi connectivity index (χ4v) is 2.13. The van der Waals surface area contributed by atoms with Gasteiger partial charge in [0.05, 0.1) is 13.2 Å². The third kappa shape index (κ3) is 6.49. The maximum atomic E-state index is 5.40. The maximum Gasteiger partial charge on any atom is 0.187 e. The first-order valence-electron chi connectivity index (χ1n) is 7.25. The second-order valence-electron chi connectivity index (χ2n) is 4.49. The predicted octanol–water partition coefficient (Wildman–Crippen LogP) is 3.11. The zero-order valence-electron chi connectivity index (χ0n) is 12.8. The molecule has 0 aliphatic heterocycles. The summed E-state index contributed by atoms with van der Waals surface area (Å²) in [6, 6.07) is 15.3. The minimum atomic E-state index is 0. The molecule has 0 atom stereocenters. The van der Waals surface area contributed by atoms with Crippen molar-refractivity contribution in [1.82, 2.24) is 0 Å². The highest BCUT2D eigenvalue weighted by Crippen LogP contribution is 2.18. The number of anilines is 2. The minimum absolute atomic E-state index is 0. The predicted molar refractivity (Wildman–Crippen MR) is 105 cm³/mol. The lowest BCUT2D eigenvalue weighted by molar-refractivity contribution is 0.340. The van der Waals surface area contributed by atoms with E-state index < -0.39 is 0 Å². The highest BCUT2D eigenvalue weighted by atomic mass is 32.1. The molecule has 0 bridgehead atoms. The first kappa shape index (κ1) is 19.3. The lowest BCUT2D eigenvalue weighted by Crippen LogP contribution is -2.18. The van der Waals surface area contributed by atoms with Crippen LogP contribution in [-0.2, 0) is 0 Å². The number of hydrogen-bond donors (Lipinski definition) is 2. The summed E-state index contributed by atoms with van der Waals surface area (Å²) in [6.07, 6.45) is 0. The SMILES string of the molecule is CCOc1ccc(NC(=S)Nc2ccc(OCC)cc2)cc1.[AlH3]. The fourth-order valence-electron chi connectivity index (χ4n) is 1.90. The first-order chi connectivity index (χ1) is 10.7. The molecule has 0 fully saturated rings. The molecule has 23 heavy (non-hydrogen) atoms. The van der Waals surface area contributed by atoms with Gasteiger partial charge in [0.15, 0.2) is 22.5 Å². The van der Waals surface area contributed by atoms with Crippen LogP contribution in [0.3, 0.4) is 0 Å². The zero-order valence-corrected chi connectivity index (χ0v) is 13.6. The van der Waals surface area contributed by atoms with Crippen molar-refractivity contribution in [3.63, 3.8) is 0 Å². The summed E-state index contributed by atoms with van der Waals surface area (Å²) in [5.74, 6) is 1.69. The van der Waals surface area contributed by atoms with E-state index in [4.69, 9.17) is 21.7 Å². The van der Waals surface area contributed by atoms with Crippen molar-refractivity contribution >= 4 is 46.1 Å². The molecule has 6 heteroatoms. The lowest BCUT2D eigenvalue weighted by atomic mass is 10.3. The van der Waals surface area contributed by atoms with Crippen LogP contribution in [0.15, 0.2) is 48.5 Å². The third-order valence-electron chi connectivity index (χ3n) is 2.85. The van der Waals surface area contributed by atoms with Crippen LogP contribution in [0.5, 0.6) is 11.5 Å². The number of ether oxygens (including phenoxy) is 2. The van der Waals surface area contributed by atoms with Gasteiger partial charge in [-0.15, -0.1) is 0 Å². The van der Waals surface area contributed by atoms with E-state index >= 15 is 0 Å². The monoisotopic (exact) mass is 346 g/mol. The Morgan fingerprint density at radius 1 is 0.783 bits per heavy atom. The molecule has 0 heterocycles. The number of rotatable bonds is 6. The summed E-state index contributed by atoms with van der Waals surface area (Å²) >= 11 is 5.30. The Labute approximate surface area is 153 Å².